The fraction of sp³-hybridized carbons (Fsp3) is 0.442. The first-order chi connectivity index (χ1) is 23.3. The summed E-state index contributed by atoms with van der Waals surface area (Å²) in [6.45, 7) is 21.7. The molecule has 2 aromatic heterocycles. The van der Waals surface area contributed by atoms with Crippen molar-refractivity contribution in [3.63, 3.8) is 0 Å². The van der Waals surface area contributed by atoms with Crippen molar-refractivity contribution in [3.8, 4) is 29.9 Å². The van der Waals surface area contributed by atoms with Crippen molar-refractivity contribution in [1.29, 1.82) is 0 Å². The predicted octanol–water partition coefficient (Wildman–Crippen LogP) is 10.8. The molecular weight excluding hydrogens is 589 g/mol. The van der Waals surface area contributed by atoms with Crippen LogP contribution in [0.4, 0.5) is 0 Å². The molecule has 2 atom stereocenters. The number of aryl methyl sites for hydroxylation is 2. The van der Waals surface area contributed by atoms with Crippen molar-refractivity contribution in [3.05, 3.63) is 94.3 Å². The van der Waals surface area contributed by atoms with E-state index in [2.05, 4.69) is 99.8 Å². The second kappa shape index (κ2) is 24.2. The van der Waals surface area contributed by atoms with E-state index < -0.39 is 0 Å². The van der Waals surface area contributed by atoms with Crippen molar-refractivity contribution >= 4 is 17.0 Å². The number of hydrogen-bond acceptors (Lipinski definition) is 5. The molecule has 0 saturated heterocycles. The summed E-state index contributed by atoms with van der Waals surface area (Å²) in [4.78, 5) is 9.51. The first kappa shape index (κ1) is 44.0. The van der Waals surface area contributed by atoms with E-state index in [1.165, 1.54) is 47.8 Å². The van der Waals surface area contributed by atoms with Crippen molar-refractivity contribution in [2.75, 3.05) is 20.7 Å². The minimum atomic E-state index is 0.414. The smallest absolute Gasteiger partial charge is 0.145 e. The minimum absolute atomic E-state index is 0.414. The first-order valence-corrected chi connectivity index (χ1v) is 17.6. The number of methoxy groups -OCH3 is 1. The SMILES string of the molecule is C#C.C/C=C/c1cc(OC)c2ncc(C)cc2c1.CC.CC.CCC(C)c1cc(C(CN)C2CC2)nc(-c2ccc(C)cc2)c1C.CN. The first-order valence-electron chi connectivity index (χ1n) is 17.6. The molecule has 262 valence electrons. The maximum absolute atomic E-state index is 6.11. The Labute approximate surface area is 293 Å². The standard InChI is InChI=1S/C22H30N2.C14H15NO.2C2H6.C2H2.CH5N/c1-5-15(3)19-12-21(20(13-23)17-10-11-17)24-22(16(19)4)18-8-6-14(2)7-9-18;1-4-5-11-7-12-6-10(2)9-15-14(12)13(8-11)16-3;4*1-2/h6-9,12,15,17,20H,5,10-11,13,23H2,1-4H3;4-9H,1-3H3;2*1-2H3;1-2H;2H2,1H3/b;5-4+;;;;. The van der Waals surface area contributed by atoms with Crippen LogP contribution in [0.15, 0.2) is 60.8 Å². The molecule has 4 N–H and O–H groups in total. The van der Waals surface area contributed by atoms with Crippen LogP contribution in [0.25, 0.3) is 28.2 Å². The minimum Gasteiger partial charge on any atom is -0.494 e. The molecular formula is C43H64N4O. The van der Waals surface area contributed by atoms with Crippen LogP contribution < -0.4 is 16.2 Å². The Morgan fingerprint density at radius 3 is 2.04 bits per heavy atom. The normalized spacial score (nSPS) is 12.6. The largest absolute Gasteiger partial charge is 0.494 e. The Bertz CT molecular complexity index is 1520. The predicted molar refractivity (Wildman–Crippen MR) is 213 cm³/mol. The summed E-state index contributed by atoms with van der Waals surface area (Å²) in [6, 6.07) is 17.3. The van der Waals surface area contributed by atoms with Gasteiger partial charge in [0.2, 0.25) is 0 Å². The molecule has 2 heterocycles. The average molecular weight is 653 g/mol. The van der Waals surface area contributed by atoms with Gasteiger partial charge in [0.25, 0.3) is 0 Å². The molecule has 0 aliphatic heterocycles. The second-order valence-corrected chi connectivity index (χ2v) is 11.3. The van der Waals surface area contributed by atoms with Gasteiger partial charge in [0.05, 0.1) is 12.8 Å². The number of pyridine rings is 2. The summed E-state index contributed by atoms with van der Waals surface area (Å²) in [6.07, 6.45) is 17.7. The van der Waals surface area contributed by atoms with E-state index in [4.69, 9.17) is 15.5 Å². The summed E-state index contributed by atoms with van der Waals surface area (Å²) < 4.78 is 5.36. The highest BCUT2D eigenvalue weighted by atomic mass is 16.5. The van der Waals surface area contributed by atoms with Crippen LogP contribution in [0.2, 0.25) is 0 Å². The van der Waals surface area contributed by atoms with Crippen LogP contribution in [0.5, 0.6) is 5.75 Å². The number of fused-ring (bicyclic) bond motifs is 1. The number of nitrogens with zero attached hydrogens (tertiary/aromatic N) is 2. The number of ether oxygens (including phenoxy) is 1. The van der Waals surface area contributed by atoms with Gasteiger partial charge in [-0.2, -0.15) is 0 Å². The van der Waals surface area contributed by atoms with E-state index >= 15 is 0 Å². The van der Waals surface area contributed by atoms with Crippen LogP contribution in [0.1, 0.15) is 113 Å². The van der Waals surface area contributed by atoms with Crippen LogP contribution in [-0.4, -0.2) is 30.7 Å². The number of nitrogens with two attached hydrogens (primary N) is 2. The molecule has 1 aliphatic carbocycles. The number of aromatic nitrogens is 2. The van der Waals surface area contributed by atoms with E-state index in [0.717, 1.165) is 45.8 Å². The monoisotopic (exact) mass is 653 g/mol. The Kier molecular flexibility index (Phi) is 22.2. The number of terminal acetylenes is 1. The van der Waals surface area contributed by atoms with Crippen molar-refractivity contribution in [2.24, 2.45) is 17.4 Å². The molecule has 1 fully saturated rings. The fourth-order valence-electron chi connectivity index (χ4n) is 5.41. The second-order valence-electron chi connectivity index (χ2n) is 11.3. The molecule has 4 aromatic rings. The molecule has 1 saturated carbocycles. The van der Waals surface area contributed by atoms with Crippen molar-refractivity contribution < 1.29 is 4.74 Å². The van der Waals surface area contributed by atoms with Crippen molar-refractivity contribution in [2.45, 2.75) is 100 Å². The molecule has 5 heteroatoms. The Morgan fingerprint density at radius 2 is 1.54 bits per heavy atom. The number of benzene rings is 2. The third-order valence-corrected chi connectivity index (χ3v) is 8.11. The zero-order valence-electron chi connectivity index (χ0n) is 32.0. The molecule has 5 nitrogen and oxygen atoms in total. The number of rotatable bonds is 8. The highest BCUT2D eigenvalue weighted by Gasteiger charge is 2.33. The molecule has 0 amide bonds. The molecule has 0 radical (unpaired) electrons. The summed E-state index contributed by atoms with van der Waals surface area (Å²) in [5, 5.41) is 1.12. The Hall–Kier alpha value is -3.98. The lowest BCUT2D eigenvalue weighted by atomic mass is 9.88. The molecule has 2 aromatic carbocycles. The van der Waals surface area contributed by atoms with Crippen LogP contribution in [0.3, 0.4) is 0 Å². The van der Waals surface area contributed by atoms with Gasteiger partial charge >= 0.3 is 0 Å². The van der Waals surface area contributed by atoms with Gasteiger partial charge in [0.15, 0.2) is 0 Å². The quantitative estimate of drug-likeness (QED) is 0.185. The summed E-state index contributed by atoms with van der Waals surface area (Å²) in [5.41, 5.74) is 21.4. The van der Waals surface area contributed by atoms with Gasteiger partial charge in [0.1, 0.15) is 11.3 Å². The van der Waals surface area contributed by atoms with Crippen LogP contribution in [0, 0.1) is 39.5 Å². The van der Waals surface area contributed by atoms with Crippen LogP contribution in [-0.2, 0) is 0 Å². The Balaban J connectivity index is 0.000000800. The summed E-state index contributed by atoms with van der Waals surface area (Å²) in [7, 11) is 3.18. The topological polar surface area (TPSA) is 87.0 Å². The number of allylic oxidation sites excluding steroid dienone is 1. The van der Waals surface area contributed by atoms with E-state index in [1.54, 1.807) is 7.11 Å². The van der Waals surface area contributed by atoms with Gasteiger partial charge in [-0.15, -0.1) is 12.8 Å². The maximum Gasteiger partial charge on any atom is 0.145 e. The highest BCUT2D eigenvalue weighted by molar-refractivity contribution is 5.87. The van der Waals surface area contributed by atoms with E-state index in [9.17, 15) is 0 Å². The van der Waals surface area contributed by atoms with E-state index in [1.807, 2.05) is 59.9 Å². The molecule has 0 bridgehead atoms. The Morgan fingerprint density at radius 1 is 0.938 bits per heavy atom. The average Bonchev–Trinajstić information content (AvgIpc) is 3.98. The zero-order chi connectivity index (χ0) is 36.8. The molecule has 5 rings (SSSR count). The van der Waals surface area contributed by atoms with Gasteiger partial charge < -0.3 is 16.2 Å². The lowest BCUT2D eigenvalue weighted by molar-refractivity contribution is 0.419. The zero-order valence-corrected chi connectivity index (χ0v) is 32.0. The summed E-state index contributed by atoms with van der Waals surface area (Å²) >= 11 is 0. The number of hydrogen-bond donors (Lipinski definition) is 2. The lowest BCUT2D eigenvalue weighted by Gasteiger charge is -2.21. The molecule has 0 spiro atoms. The molecule has 2 unspecified atom stereocenters. The highest BCUT2D eigenvalue weighted by Crippen LogP contribution is 2.43. The summed E-state index contributed by atoms with van der Waals surface area (Å²) in [5.74, 6) is 2.53. The molecule has 1 aliphatic rings. The van der Waals surface area contributed by atoms with Gasteiger partial charge in [-0.05, 0) is 112 Å². The lowest BCUT2D eigenvalue weighted by Crippen LogP contribution is -2.17. The van der Waals surface area contributed by atoms with Gasteiger partial charge in [0, 0.05) is 35.3 Å². The fourth-order valence-corrected chi connectivity index (χ4v) is 5.41. The third-order valence-electron chi connectivity index (χ3n) is 8.11. The maximum atomic E-state index is 6.11. The van der Waals surface area contributed by atoms with Gasteiger partial charge in [-0.3, -0.25) is 9.97 Å². The van der Waals surface area contributed by atoms with Crippen molar-refractivity contribution in [1.82, 2.24) is 9.97 Å². The van der Waals surface area contributed by atoms with Crippen LogP contribution >= 0.6 is 0 Å². The van der Waals surface area contributed by atoms with Gasteiger partial charge in [-0.1, -0.05) is 83.5 Å². The van der Waals surface area contributed by atoms with E-state index in [-0.39, 0.29) is 0 Å². The third kappa shape index (κ3) is 12.6. The van der Waals surface area contributed by atoms with Gasteiger partial charge in [-0.25, -0.2) is 0 Å². The molecule has 48 heavy (non-hydrogen) atoms. The van der Waals surface area contributed by atoms with E-state index in [0.29, 0.717) is 18.4 Å².